The smallest absolute Gasteiger partial charge is 0.170 e. The first-order valence-corrected chi connectivity index (χ1v) is 7.79. The van der Waals surface area contributed by atoms with E-state index in [-0.39, 0.29) is 17.3 Å². The normalized spacial score (nSPS) is 12.7. The van der Waals surface area contributed by atoms with Gasteiger partial charge in [0.1, 0.15) is 11.4 Å². The van der Waals surface area contributed by atoms with Gasteiger partial charge in [-0.15, -0.1) is 0 Å². The summed E-state index contributed by atoms with van der Waals surface area (Å²) in [4.78, 5) is 12.7. The Morgan fingerprint density at radius 3 is 2.09 bits per heavy atom. The van der Waals surface area contributed by atoms with Crippen molar-refractivity contribution >= 4 is 5.78 Å². The van der Waals surface area contributed by atoms with Gasteiger partial charge in [0.25, 0.3) is 0 Å². The summed E-state index contributed by atoms with van der Waals surface area (Å²) in [7, 11) is 0. The van der Waals surface area contributed by atoms with Gasteiger partial charge in [-0.2, -0.15) is 0 Å². The lowest BCUT2D eigenvalue weighted by Gasteiger charge is -2.21. The van der Waals surface area contributed by atoms with E-state index in [1.54, 1.807) is 0 Å². The van der Waals surface area contributed by atoms with Gasteiger partial charge in [-0.25, -0.2) is 0 Å². The van der Waals surface area contributed by atoms with E-state index in [2.05, 4.69) is 0 Å². The van der Waals surface area contributed by atoms with Crippen molar-refractivity contribution in [2.24, 2.45) is 0 Å². The number of hydrogen-bond donors (Lipinski definition) is 0. The lowest BCUT2D eigenvalue weighted by Crippen LogP contribution is -2.23. The molecule has 1 atom stereocenters. The van der Waals surface area contributed by atoms with Crippen molar-refractivity contribution in [2.75, 3.05) is 0 Å². The van der Waals surface area contributed by atoms with Crippen molar-refractivity contribution in [3.05, 3.63) is 65.7 Å². The third-order valence-electron chi connectivity index (χ3n) is 3.49. The molecule has 2 aromatic rings. The summed E-state index contributed by atoms with van der Waals surface area (Å²) >= 11 is 0. The number of rotatable bonds is 5. The minimum absolute atomic E-state index is 0.0874. The fourth-order valence-electron chi connectivity index (χ4n) is 2.50. The Hall–Kier alpha value is -2.09. The molecule has 1 unspecified atom stereocenters. The molecule has 0 aromatic heterocycles. The molecule has 2 aromatic carbocycles. The highest BCUT2D eigenvalue weighted by Gasteiger charge is 2.20. The summed E-state index contributed by atoms with van der Waals surface area (Å²) in [6, 6.07) is 17.4. The summed E-state index contributed by atoms with van der Waals surface area (Å²) in [5.41, 5.74) is 1.57. The third-order valence-corrected chi connectivity index (χ3v) is 3.49. The van der Waals surface area contributed by atoms with Crippen molar-refractivity contribution in [3.8, 4) is 5.75 Å². The Morgan fingerprint density at radius 2 is 1.59 bits per heavy atom. The lowest BCUT2D eigenvalue weighted by molar-refractivity contribution is 0.0957. The predicted octanol–water partition coefficient (Wildman–Crippen LogP) is 5.24. The van der Waals surface area contributed by atoms with Crippen LogP contribution in [0.1, 0.15) is 56.0 Å². The predicted molar refractivity (Wildman–Crippen MR) is 90.6 cm³/mol. The van der Waals surface area contributed by atoms with E-state index in [0.717, 1.165) is 23.3 Å². The van der Waals surface area contributed by atoms with Crippen molar-refractivity contribution in [1.82, 2.24) is 0 Å². The van der Waals surface area contributed by atoms with E-state index in [0.29, 0.717) is 0 Å². The molecule has 0 aliphatic rings. The molecule has 0 spiro atoms. The number of ketones is 1. The minimum atomic E-state index is -0.235. The molecule has 0 N–H and O–H groups in total. The van der Waals surface area contributed by atoms with Crippen molar-refractivity contribution in [1.29, 1.82) is 0 Å². The second-order valence-electron chi connectivity index (χ2n) is 6.47. The van der Waals surface area contributed by atoms with Gasteiger partial charge in [0.2, 0.25) is 0 Å². The van der Waals surface area contributed by atoms with E-state index in [9.17, 15) is 4.79 Å². The maximum absolute atomic E-state index is 12.7. The van der Waals surface area contributed by atoms with Crippen LogP contribution < -0.4 is 4.74 Å². The van der Waals surface area contributed by atoms with E-state index in [1.165, 1.54) is 0 Å². The monoisotopic (exact) mass is 296 g/mol. The van der Waals surface area contributed by atoms with Crippen LogP contribution in [0.15, 0.2) is 54.6 Å². The Kier molecular flexibility index (Phi) is 5.02. The second-order valence-corrected chi connectivity index (χ2v) is 6.47. The zero-order valence-corrected chi connectivity index (χ0v) is 13.8. The van der Waals surface area contributed by atoms with Crippen LogP contribution in [-0.2, 0) is 0 Å². The summed E-state index contributed by atoms with van der Waals surface area (Å²) in [5, 5.41) is 0. The summed E-state index contributed by atoms with van der Waals surface area (Å²) in [5.74, 6) is 0.864. The summed E-state index contributed by atoms with van der Waals surface area (Å²) in [6.07, 6.45) is 0.795. The molecule has 0 saturated heterocycles. The lowest BCUT2D eigenvalue weighted by atomic mass is 9.88. The van der Waals surface area contributed by atoms with Gasteiger partial charge in [0.15, 0.2) is 5.78 Å². The first kappa shape index (κ1) is 16.3. The number of benzene rings is 2. The fourth-order valence-corrected chi connectivity index (χ4v) is 2.50. The largest absolute Gasteiger partial charge is 0.488 e. The molecule has 22 heavy (non-hydrogen) atoms. The second kappa shape index (κ2) is 6.78. The van der Waals surface area contributed by atoms with Gasteiger partial charge in [0.05, 0.1) is 0 Å². The maximum Gasteiger partial charge on any atom is 0.170 e. The third kappa shape index (κ3) is 4.20. The SMILES string of the molecule is CCC(C(=O)c1ccc(OC(C)(C)C)cc1)c1ccccc1. The highest BCUT2D eigenvalue weighted by Crippen LogP contribution is 2.26. The highest BCUT2D eigenvalue weighted by atomic mass is 16.5. The zero-order chi connectivity index (χ0) is 16.2. The molecule has 0 radical (unpaired) electrons. The Morgan fingerprint density at radius 1 is 1.00 bits per heavy atom. The molecule has 0 bridgehead atoms. The molecular weight excluding hydrogens is 272 g/mol. The topological polar surface area (TPSA) is 26.3 Å². The number of Topliss-reactive ketones (excluding diaryl/α,β-unsaturated/α-hetero) is 1. The van der Waals surface area contributed by atoms with Crippen LogP contribution in [-0.4, -0.2) is 11.4 Å². The van der Waals surface area contributed by atoms with Gasteiger partial charge < -0.3 is 4.74 Å². The zero-order valence-electron chi connectivity index (χ0n) is 13.8. The maximum atomic E-state index is 12.7. The van der Waals surface area contributed by atoms with E-state index >= 15 is 0 Å². The van der Waals surface area contributed by atoms with Crippen molar-refractivity contribution in [2.45, 2.75) is 45.6 Å². The molecule has 116 valence electrons. The number of carbonyl (C=O) groups excluding carboxylic acids is 1. The fraction of sp³-hybridized carbons (Fsp3) is 0.350. The van der Waals surface area contributed by atoms with Gasteiger partial charge >= 0.3 is 0 Å². The number of ether oxygens (including phenoxy) is 1. The molecule has 0 fully saturated rings. The molecule has 2 heteroatoms. The van der Waals surface area contributed by atoms with E-state index in [4.69, 9.17) is 4.74 Å². The summed E-state index contributed by atoms with van der Waals surface area (Å²) < 4.78 is 5.80. The van der Waals surface area contributed by atoms with Crippen LogP contribution in [0.2, 0.25) is 0 Å². The molecule has 0 amide bonds. The molecule has 0 heterocycles. The van der Waals surface area contributed by atoms with Crippen LogP contribution in [0.4, 0.5) is 0 Å². The van der Waals surface area contributed by atoms with Crippen LogP contribution in [0.3, 0.4) is 0 Å². The molecule has 0 aliphatic heterocycles. The van der Waals surface area contributed by atoms with Gasteiger partial charge in [0, 0.05) is 11.5 Å². The van der Waals surface area contributed by atoms with Crippen LogP contribution >= 0.6 is 0 Å². The summed E-state index contributed by atoms with van der Waals surface area (Å²) in [6.45, 7) is 8.07. The average molecular weight is 296 g/mol. The van der Waals surface area contributed by atoms with Gasteiger partial charge in [-0.3, -0.25) is 4.79 Å². The number of hydrogen-bond acceptors (Lipinski definition) is 2. The van der Waals surface area contributed by atoms with Gasteiger partial charge in [-0.05, 0) is 57.0 Å². The van der Waals surface area contributed by atoms with Crippen LogP contribution in [0.5, 0.6) is 5.75 Å². The number of carbonyl (C=O) groups is 1. The first-order valence-electron chi connectivity index (χ1n) is 7.79. The molecule has 0 saturated carbocycles. The van der Waals surface area contributed by atoms with Gasteiger partial charge in [-0.1, -0.05) is 37.3 Å². The van der Waals surface area contributed by atoms with Crippen LogP contribution in [0.25, 0.3) is 0 Å². The van der Waals surface area contributed by atoms with E-state index in [1.807, 2.05) is 82.3 Å². The first-order chi connectivity index (χ1) is 10.4. The molecule has 2 nitrogen and oxygen atoms in total. The van der Waals surface area contributed by atoms with Crippen molar-refractivity contribution < 1.29 is 9.53 Å². The van der Waals surface area contributed by atoms with E-state index < -0.39 is 0 Å². The average Bonchev–Trinajstić information content (AvgIpc) is 2.48. The van der Waals surface area contributed by atoms with Crippen molar-refractivity contribution in [3.63, 3.8) is 0 Å². The Balaban J connectivity index is 2.18. The highest BCUT2D eigenvalue weighted by molar-refractivity contribution is 6.01. The molecule has 2 rings (SSSR count). The van der Waals surface area contributed by atoms with Crippen LogP contribution in [0, 0.1) is 0 Å². The minimum Gasteiger partial charge on any atom is -0.488 e. The molecular formula is C20H24O2. The molecule has 0 aliphatic carbocycles. The Labute approximate surface area is 133 Å². The Bertz CT molecular complexity index is 606. The quantitative estimate of drug-likeness (QED) is 0.705. The standard InChI is InChI=1S/C20H24O2/c1-5-18(15-9-7-6-8-10-15)19(21)16-11-13-17(14-12-16)22-20(2,3)4/h6-14,18H,5H2,1-4H3.